The summed E-state index contributed by atoms with van der Waals surface area (Å²) in [5.41, 5.74) is 4.27. The Morgan fingerprint density at radius 3 is 2.50 bits per heavy atom. The molecule has 0 radical (unpaired) electrons. The average molecular weight is 425 g/mol. The van der Waals surface area contributed by atoms with Crippen LogP contribution in [-0.2, 0) is 4.79 Å². The summed E-state index contributed by atoms with van der Waals surface area (Å²) < 4.78 is 8.01. The van der Waals surface area contributed by atoms with Crippen LogP contribution in [0.3, 0.4) is 0 Å². The van der Waals surface area contributed by atoms with Gasteiger partial charge in [0, 0.05) is 23.7 Å². The molecule has 0 spiro atoms. The zero-order valence-corrected chi connectivity index (χ0v) is 17.6. The summed E-state index contributed by atoms with van der Waals surface area (Å²) in [7, 11) is 0. The third-order valence-corrected chi connectivity index (χ3v) is 5.22. The summed E-state index contributed by atoms with van der Waals surface area (Å²) in [5.74, 6) is 0.794. The Labute approximate surface area is 186 Å². The molecule has 4 rings (SSSR count). The molecular formula is C26H23N3O3. The van der Waals surface area contributed by atoms with Crippen LogP contribution in [0.1, 0.15) is 31.2 Å². The van der Waals surface area contributed by atoms with Gasteiger partial charge in [-0.1, -0.05) is 30.3 Å². The van der Waals surface area contributed by atoms with E-state index in [1.54, 1.807) is 12.1 Å². The maximum atomic E-state index is 10.6. The van der Waals surface area contributed by atoms with E-state index in [2.05, 4.69) is 10.6 Å². The SMILES string of the molecule is N#Cc1ccc(-n2c(-c3ccccc3)nc3ccc(OCCCCCC(=O)O)cc32)cc1. The number of carboxylic acid groups (broad SMARTS) is 1. The van der Waals surface area contributed by atoms with Gasteiger partial charge in [0.1, 0.15) is 11.6 Å². The monoisotopic (exact) mass is 425 g/mol. The number of benzene rings is 3. The van der Waals surface area contributed by atoms with Gasteiger partial charge in [0.2, 0.25) is 0 Å². The lowest BCUT2D eigenvalue weighted by Gasteiger charge is -2.11. The summed E-state index contributed by atoms with van der Waals surface area (Å²) in [4.78, 5) is 15.5. The predicted molar refractivity (Wildman–Crippen MR) is 123 cm³/mol. The lowest BCUT2D eigenvalue weighted by Crippen LogP contribution is -2.00. The van der Waals surface area contributed by atoms with Gasteiger partial charge in [-0.3, -0.25) is 9.36 Å². The third kappa shape index (κ3) is 4.79. The summed E-state index contributed by atoms with van der Waals surface area (Å²) in [5, 5.41) is 17.9. The van der Waals surface area contributed by atoms with E-state index in [0.717, 1.165) is 46.7 Å². The molecule has 1 N–H and O–H groups in total. The Balaban J connectivity index is 1.65. The Bertz CT molecular complexity index is 1260. The number of aliphatic carboxylic acids is 1. The predicted octanol–water partition coefficient (Wildman–Crippen LogP) is 5.59. The van der Waals surface area contributed by atoms with Crippen molar-refractivity contribution in [1.82, 2.24) is 9.55 Å². The van der Waals surface area contributed by atoms with E-state index in [1.807, 2.05) is 60.7 Å². The van der Waals surface area contributed by atoms with Gasteiger partial charge >= 0.3 is 5.97 Å². The lowest BCUT2D eigenvalue weighted by atomic mass is 10.2. The maximum Gasteiger partial charge on any atom is 0.303 e. The second kappa shape index (κ2) is 9.80. The van der Waals surface area contributed by atoms with Crippen molar-refractivity contribution in [2.45, 2.75) is 25.7 Å². The van der Waals surface area contributed by atoms with Crippen LogP contribution in [0, 0.1) is 11.3 Å². The fourth-order valence-electron chi connectivity index (χ4n) is 3.62. The van der Waals surface area contributed by atoms with Crippen molar-refractivity contribution < 1.29 is 14.6 Å². The topological polar surface area (TPSA) is 88.1 Å². The smallest absolute Gasteiger partial charge is 0.303 e. The van der Waals surface area contributed by atoms with Crippen LogP contribution in [0.25, 0.3) is 28.1 Å². The van der Waals surface area contributed by atoms with E-state index in [9.17, 15) is 4.79 Å². The number of ether oxygens (including phenoxy) is 1. The Morgan fingerprint density at radius 1 is 1.00 bits per heavy atom. The van der Waals surface area contributed by atoms with Crippen LogP contribution in [0.4, 0.5) is 0 Å². The molecule has 0 aliphatic carbocycles. The zero-order chi connectivity index (χ0) is 22.3. The highest BCUT2D eigenvalue weighted by Crippen LogP contribution is 2.31. The van der Waals surface area contributed by atoms with Crippen molar-refractivity contribution in [2.75, 3.05) is 6.61 Å². The minimum absolute atomic E-state index is 0.192. The van der Waals surface area contributed by atoms with Crippen molar-refractivity contribution in [3.05, 3.63) is 78.4 Å². The molecule has 0 fully saturated rings. The number of hydrogen-bond donors (Lipinski definition) is 1. The van der Waals surface area contributed by atoms with Gasteiger partial charge in [-0.2, -0.15) is 5.26 Å². The first-order valence-corrected chi connectivity index (χ1v) is 10.6. The zero-order valence-electron chi connectivity index (χ0n) is 17.6. The molecule has 32 heavy (non-hydrogen) atoms. The van der Waals surface area contributed by atoms with E-state index in [4.69, 9.17) is 20.1 Å². The fourth-order valence-corrected chi connectivity index (χ4v) is 3.62. The number of fused-ring (bicyclic) bond motifs is 1. The van der Waals surface area contributed by atoms with Gasteiger partial charge in [-0.15, -0.1) is 0 Å². The Hall–Kier alpha value is -4.11. The lowest BCUT2D eigenvalue weighted by molar-refractivity contribution is -0.137. The van der Waals surface area contributed by atoms with Gasteiger partial charge < -0.3 is 9.84 Å². The molecule has 0 saturated heterocycles. The number of nitriles is 1. The van der Waals surface area contributed by atoms with Gasteiger partial charge in [-0.25, -0.2) is 4.98 Å². The first-order valence-electron chi connectivity index (χ1n) is 10.6. The highest BCUT2D eigenvalue weighted by atomic mass is 16.5. The minimum atomic E-state index is -0.762. The summed E-state index contributed by atoms with van der Waals surface area (Å²) in [6.45, 7) is 0.529. The van der Waals surface area contributed by atoms with Crippen LogP contribution in [0.2, 0.25) is 0 Å². The molecule has 1 aromatic heterocycles. The number of nitrogens with zero attached hydrogens (tertiary/aromatic N) is 3. The molecule has 0 unspecified atom stereocenters. The van der Waals surface area contributed by atoms with Crippen LogP contribution >= 0.6 is 0 Å². The second-order valence-corrected chi connectivity index (χ2v) is 7.50. The van der Waals surface area contributed by atoms with Crippen LogP contribution < -0.4 is 4.74 Å². The van der Waals surface area contributed by atoms with Gasteiger partial charge in [-0.05, 0) is 55.7 Å². The van der Waals surface area contributed by atoms with Crippen molar-refractivity contribution in [2.24, 2.45) is 0 Å². The molecule has 6 heteroatoms. The standard InChI is InChI=1S/C26H23N3O3/c27-18-19-10-12-21(13-11-19)29-24-17-22(32-16-6-2-5-9-25(30)31)14-15-23(24)28-26(29)20-7-3-1-4-8-20/h1,3-4,7-8,10-15,17H,2,5-6,9,16H2,(H,30,31). The molecule has 0 aliphatic rings. The number of rotatable bonds is 9. The van der Waals surface area contributed by atoms with Crippen LogP contribution in [0.5, 0.6) is 5.75 Å². The highest BCUT2D eigenvalue weighted by Gasteiger charge is 2.15. The molecular weight excluding hydrogens is 402 g/mol. The number of imidazole rings is 1. The molecule has 1 heterocycles. The largest absolute Gasteiger partial charge is 0.494 e. The van der Waals surface area contributed by atoms with Crippen molar-refractivity contribution in [1.29, 1.82) is 5.26 Å². The van der Waals surface area contributed by atoms with E-state index >= 15 is 0 Å². The highest BCUT2D eigenvalue weighted by molar-refractivity contribution is 5.84. The van der Waals surface area contributed by atoms with Crippen molar-refractivity contribution in [3.8, 4) is 28.9 Å². The second-order valence-electron chi connectivity index (χ2n) is 7.50. The van der Waals surface area contributed by atoms with E-state index < -0.39 is 5.97 Å². The van der Waals surface area contributed by atoms with Crippen molar-refractivity contribution >= 4 is 17.0 Å². The van der Waals surface area contributed by atoms with Gasteiger partial charge in [0.25, 0.3) is 0 Å². The number of hydrogen-bond acceptors (Lipinski definition) is 4. The first-order chi connectivity index (χ1) is 15.7. The third-order valence-electron chi connectivity index (χ3n) is 5.22. The summed E-state index contributed by atoms with van der Waals surface area (Å²) in [6.07, 6.45) is 2.47. The molecule has 3 aromatic carbocycles. The normalized spacial score (nSPS) is 10.7. The Kier molecular flexibility index (Phi) is 6.47. The molecule has 4 aromatic rings. The quantitative estimate of drug-likeness (QED) is 0.353. The molecule has 0 saturated carbocycles. The van der Waals surface area contributed by atoms with Gasteiger partial charge in [0.05, 0.1) is 29.3 Å². The molecule has 0 bridgehead atoms. The summed E-state index contributed by atoms with van der Waals surface area (Å²) in [6, 6.07) is 25.4. The van der Waals surface area contributed by atoms with Crippen molar-refractivity contribution in [3.63, 3.8) is 0 Å². The van der Waals surface area contributed by atoms with E-state index in [1.165, 1.54) is 0 Å². The van der Waals surface area contributed by atoms with Crippen LogP contribution in [-0.4, -0.2) is 27.2 Å². The molecule has 0 aliphatic heterocycles. The molecule has 0 atom stereocenters. The van der Waals surface area contributed by atoms with Gasteiger partial charge in [0.15, 0.2) is 0 Å². The number of carbonyl (C=O) groups is 1. The molecule has 160 valence electrons. The van der Waals surface area contributed by atoms with E-state index in [-0.39, 0.29) is 6.42 Å². The average Bonchev–Trinajstić information content (AvgIpc) is 3.20. The molecule has 6 nitrogen and oxygen atoms in total. The minimum Gasteiger partial charge on any atom is -0.494 e. The van der Waals surface area contributed by atoms with Crippen LogP contribution in [0.15, 0.2) is 72.8 Å². The number of carboxylic acids is 1. The number of unbranched alkanes of at least 4 members (excludes halogenated alkanes) is 2. The fraction of sp³-hybridized carbons (Fsp3) is 0.192. The molecule has 0 amide bonds. The Morgan fingerprint density at radius 2 is 1.78 bits per heavy atom. The number of aromatic nitrogens is 2. The maximum absolute atomic E-state index is 10.6. The van der Waals surface area contributed by atoms with E-state index in [0.29, 0.717) is 18.6 Å². The first kappa shape index (κ1) is 21.1. The summed E-state index contributed by atoms with van der Waals surface area (Å²) >= 11 is 0.